The van der Waals surface area contributed by atoms with Crippen LogP contribution < -0.4 is 0 Å². The zero-order valence-electron chi connectivity index (χ0n) is 29.5. The molecule has 0 bridgehead atoms. The van der Waals surface area contributed by atoms with Gasteiger partial charge in [-0.05, 0) is 79.9 Å². The Balaban J connectivity index is 1.21. The first-order valence-electron chi connectivity index (χ1n) is 17.8. The zero-order valence-corrected chi connectivity index (χ0v) is 29.5. The topological polar surface area (TPSA) is 43.0 Å². The molecule has 7 aromatic carbocycles. The molecule has 1 aliphatic rings. The van der Waals surface area contributed by atoms with Crippen LogP contribution in [0.5, 0.6) is 0 Å². The molecule has 0 saturated carbocycles. The van der Waals surface area contributed by atoms with Gasteiger partial charge >= 0.3 is 0 Å². The van der Waals surface area contributed by atoms with Gasteiger partial charge in [0.25, 0.3) is 0 Å². The predicted molar refractivity (Wildman–Crippen MR) is 216 cm³/mol. The Morgan fingerprint density at radius 3 is 1.38 bits per heavy atom. The highest BCUT2D eigenvalue weighted by molar-refractivity contribution is 5.94. The molecular weight excluding hydrogens is 645 g/mol. The smallest absolute Gasteiger partial charge is 0.187 e. The molecule has 0 saturated heterocycles. The third-order valence-electron chi connectivity index (χ3n) is 10.3. The molecule has 0 aliphatic heterocycles. The molecule has 0 amide bonds. The van der Waals surface area contributed by atoms with Crippen LogP contribution in [-0.2, 0) is 5.41 Å². The number of hydrogen-bond acceptors (Lipinski definition) is 3. The maximum Gasteiger partial charge on any atom is 0.187 e. The Labute approximate surface area is 310 Å². The van der Waals surface area contributed by atoms with Crippen molar-refractivity contribution in [2.24, 2.45) is 0 Å². The summed E-state index contributed by atoms with van der Waals surface area (Å²) in [4.78, 5) is 19.2. The highest BCUT2D eigenvalue weighted by atomic mass is 15.0. The van der Waals surface area contributed by atoms with Crippen molar-refractivity contribution in [1.82, 2.24) is 15.0 Å². The maximum absolute atomic E-state index is 7.71. The van der Waals surface area contributed by atoms with Crippen LogP contribution in [-0.4, -0.2) is 15.0 Å². The van der Waals surface area contributed by atoms with E-state index in [0.717, 1.165) is 55.6 Å². The fraction of sp³-hybridized carbons (Fsp3) is 0.0612. The van der Waals surface area contributed by atoms with E-state index in [9.17, 15) is 0 Å². The van der Waals surface area contributed by atoms with Crippen LogP contribution in [0.1, 0.15) is 25.0 Å². The highest BCUT2D eigenvalue weighted by Gasteiger charge is 2.36. The molecule has 250 valence electrons. The molecule has 8 aromatic rings. The monoisotopic (exact) mass is 678 g/mol. The number of rotatable bonds is 6. The first-order chi connectivity index (χ1) is 26.0. The van der Waals surface area contributed by atoms with Gasteiger partial charge in [0.2, 0.25) is 0 Å². The number of benzene rings is 7. The van der Waals surface area contributed by atoms with E-state index in [0.29, 0.717) is 23.2 Å². The summed E-state index contributed by atoms with van der Waals surface area (Å²) in [6.07, 6.45) is 0. The normalized spacial score (nSPS) is 12.5. The molecule has 1 heterocycles. The second-order valence-corrected chi connectivity index (χ2v) is 14.0. The van der Waals surface area contributed by atoms with Crippen LogP contribution in [0.15, 0.2) is 170 Å². The quantitative estimate of drug-likeness (QED) is 0.164. The molecule has 4 nitrogen and oxygen atoms in total. The van der Waals surface area contributed by atoms with Gasteiger partial charge in [-0.3, -0.25) is 0 Å². The van der Waals surface area contributed by atoms with Gasteiger partial charge in [-0.1, -0.05) is 159 Å². The fourth-order valence-electron chi connectivity index (χ4n) is 7.63. The van der Waals surface area contributed by atoms with Crippen LogP contribution in [0.4, 0.5) is 5.69 Å². The summed E-state index contributed by atoms with van der Waals surface area (Å²) in [5, 5.41) is 0. The largest absolute Gasteiger partial charge is 0.238 e. The van der Waals surface area contributed by atoms with E-state index in [-0.39, 0.29) is 5.41 Å². The van der Waals surface area contributed by atoms with Crippen LogP contribution in [0, 0.1) is 6.57 Å². The van der Waals surface area contributed by atoms with Crippen molar-refractivity contribution in [2.45, 2.75) is 19.3 Å². The number of hydrogen-bond donors (Lipinski definition) is 0. The van der Waals surface area contributed by atoms with Crippen LogP contribution >= 0.6 is 0 Å². The average molecular weight is 679 g/mol. The lowest BCUT2D eigenvalue weighted by molar-refractivity contribution is 0.660. The molecule has 0 fully saturated rings. The SMILES string of the molecule is [C-]#[N+]c1ccc2c(c1)-c1c(-c3cccc(-c4nc(-c5cccc(-c6ccccc6)c5)nc(-c5cccc(-c6ccccc6)c5)n4)c3)cccc1C2(C)C. The minimum absolute atomic E-state index is 0.181. The molecule has 0 atom stereocenters. The number of fused-ring (bicyclic) bond motifs is 3. The summed E-state index contributed by atoms with van der Waals surface area (Å²) in [5.41, 5.74) is 14.7. The Kier molecular flexibility index (Phi) is 7.83. The molecule has 53 heavy (non-hydrogen) atoms. The lowest BCUT2D eigenvalue weighted by Crippen LogP contribution is -2.14. The van der Waals surface area contributed by atoms with Crippen molar-refractivity contribution < 1.29 is 0 Å². The molecule has 0 radical (unpaired) electrons. The van der Waals surface area contributed by atoms with Gasteiger partial charge in [0.1, 0.15) is 0 Å². The summed E-state index contributed by atoms with van der Waals surface area (Å²) in [5.74, 6) is 1.83. The van der Waals surface area contributed by atoms with Gasteiger partial charge in [0.15, 0.2) is 23.2 Å². The molecule has 0 N–H and O–H groups in total. The number of aromatic nitrogens is 3. The maximum atomic E-state index is 7.71. The predicted octanol–water partition coefficient (Wildman–Crippen LogP) is 12.7. The molecule has 1 aromatic heterocycles. The number of nitrogens with zero attached hydrogens (tertiary/aromatic N) is 4. The molecular formula is C49H34N4. The Hall–Kier alpha value is -6.96. The highest BCUT2D eigenvalue weighted by Crippen LogP contribution is 2.53. The van der Waals surface area contributed by atoms with E-state index >= 15 is 0 Å². The molecule has 0 spiro atoms. The van der Waals surface area contributed by atoms with Gasteiger partial charge in [-0.25, -0.2) is 19.8 Å². The zero-order chi connectivity index (χ0) is 35.9. The van der Waals surface area contributed by atoms with Gasteiger partial charge in [-0.2, -0.15) is 0 Å². The first kappa shape index (κ1) is 32.0. The minimum atomic E-state index is -0.181. The van der Waals surface area contributed by atoms with Crippen LogP contribution in [0.2, 0.25) is 0 Å². The summed E-state index contributed by atoms with van der Waals surface area (Å²) in [6, 6.07) is 58.7. The van der Waals surface area contributed by atoms with E-state index in [1.807, 2.05) is 24.3 Å². The van der Waals surface area contributed by atoms with Crippen molar-refractivity contribution in [2.75, 3.05) is 0 Å². The second-order valence-electron chi connectivity index (χ2n) is 14.0. The van der Waals surface area contributed by atoms with E-state index in [2.05, 4.69) is 164 Å². The lowest BCUT2D eigenvalue weighted by atomic mass is 9.82. The third kappa shape index (κ3) is 5.79. The lowest BCUT2D eigenvalue weighted by Gasteiger charge is -2.21. The van der Waals surface area contributed by atoms with Gasteiger partial charge < -0.3 is 0 Å². The van der Waals surface area contributed by atoms with E-state index < -0.39 is 0 Å². The van der Waals surface area contributed by atoms with Gasteiger partial charge in [-0.15, -0.1) is 0 Å². The summed E-state index contributed by atoms with van der Waals surface area (Å²) in [6.45, 7) is 12.2. The third-order valence-corrected chi connectivity index (χ3v) is 10.3. The van der Waals surface area contributed by atoms with Crippen molar-refractivity contribution in [3.05, 3.63) is 192 Å². The molecule has 0 unspecified atom stereocenters. The molecule has 1 aliphatic carbocycles. The summed E-state index contributed by atoms with van der Waals surface area (Å²) < 4.78 is 0. The Morgan fingerprint density at radius 2 is 0.849 bits per heavy atom. The second kappa shape index (κ2) is 13.0. The van der Waals surface area contributed by atoms with Crippen LogP contribution in [0.3, 0.4) is 0 Å². The van der Waals surface area contributed by atoms with Gasteiger partial charge in [0, 0.05) is 22.1 Å². The van der Waals surface area contributed by atoms with E-state index in [4.69, 9.17) is 21.5 Å². The van der Waals surface area contributed by atoms with Crippen molar-refractivity contribution in [1.29, 1.82) is 0 Å². The van der Waals surface area contributed by atoms with E-state index in [1.165, 1.54) is 16.7 Å². The average Bonchev–Trinajstić information content (AvgIpc) is 3.46. The Bertz CT molecular complexity index is 2610. The Morgan fingerprint density at radius 1 is 0.396 bits per heavy atom. The molecule has 9 rings (SSSR count). The van der Waals surface area contributed by atoms with Gasteiger partial charge in [0.05, 0.1) is 6.57 Å². The standard InChI is InChI=1S/C49H34N4/c1-49(2)43-27-26-40(50-3)31-42(43)45-41(24-13-25-44(45)49)36-20-12-23-39(30-36)48-52-46(37-21-10-18-34(28-37)32-14-6-4-7-15-32)51-47(53-48)38-22-11-19-35(29-38)33-16-8-5-9-17-33/h4-31H,1-2H3. The fourth-order valence-corrected chi connectivity index (χ4v) is 7.63. The molecule has 4 heteroatoms. The summed E-state index contributed by atoms with van der Waals surface area (Å²) >= 11 is 0. The van der Waals surface area contributed by atoms with Crippen molar-refractivity contribution in [3.8, 4) is 78.7 Å². The van der Waals surface area contributed by atoms with Crippen molar-refractivity contribution in [3.63, 3.8) is 0 Å². The summed E-state index contributed by atoms with van der Waals surface area (Å²) in [7, 11) is 0. The first-order valence-corrected chi connectivity index (χ1v) is 17.8. The minimum Gasteiger partial charge on any atom is -0.238 e. The van der Waals surface area contributed by atoms with Crippen LogP contribution in [0.25, 0.3) is 83.5 Å². The van der Waals surface area contributed by atoms with E-state index in [1.54, 1.807) is 0 Å². The van der Waals surface area contributed by atoms with Crippen molar-refractivity contribution >= 4 is 5.69 Å².